The van der Waals surface area contributed by atoms with Crippen LogP contribution in [-0.4, -0.2) is 18.0 Å². The van der Waals surface area contributed by atoms with Gasteiger partial charge in [0.2, 0.25) is 0 Å². The quantitative estimate of drug-likeness (QED) is 0.902. The first-order valence-electron chi connectivity index (χ1n) is 6.69. The minimum Gasteiger partial charge on any atom is -0.459 e. The van der Waals surface area contributed by atoms with E-state index in [2.05, 4.69) is 24.0 Å². The van der Waals surface area contributed by atoms with Gasteiger partial charge in [-0.1, -0.05) is 25.1 Å². The van der Waals surface area contributed by atoms with Gasteiger partial charge in [0.05, 0.1) is 6.54 Å². The summed E-state index contributed by atoms with van der Waals surface area (Å²) in [6.07, 6.45) is 1.30. The predicted octanol–water partition coefficient (Wildman–Crippen LogP) is 2.73. The molecule has 18 heavy (non-hydrogen) atoms. The standard InChI is InChI=1S/C15H20N2O/c1-11-6-7-17(9-11)10-13-12-4-2-3-5-14(12)18-15(13)8-16/h2-5,11H,6-10,16H2,1H3. The van der Waals surface area contributed by atoms with Crippen molar-refractivity contribution in [2.45, 2.75) is 26.4 Å². The second-order valence-corrected chi connectivity index (χ2v) is 5.33. The van der Waals surface area contributed by atoms with Gasteiger partial charge in [0.1, 0.15) is 11.3 Å². The first kappa shape index (κ1) is 11.8. The molecule has 0 radical (unpaired) electrons. The van der Waals surface area contributed by atoms with Crippen molar-refractivity contribution in [3.05, 3.63) is 35.6 Å². The fourth-order valence-corrected chi connectivity index (χ4v) is 2.88. The van der Waals surface area contributed by atoms with Crippen molar-refractivity contribution in [1.29, 1.82) is 0 Å². The zero-order chi connectivity index (χ0) is 12.5. The Labute approximate surface area is 108 Å². The molecule has 0 aliphatic carbocycles. The number of likely N-dealkylation sites (tertiary alicyclic amines) is 1. The fraction of sp³-hybridized carbons (Fsp3) is 0.467. The first-order valence-corrected chi connectivity index (χ1v) is 6.69. The van der Waals surface area contributed by atoms with Crippen molar-refractivity contribution in [3.8, 4) is 0 Å². The smallest absolute Gasteiger partial charge is 0.134 e. The van der Waals surface area contributed by atoms with E-state index in [0.717, 1.165) is 23.8 Å². The van der Waals surface area contributed by atoms with E-state index in [9.17, 15) is 0 Å². The van der Waals surface area contributed by atoms with Crippen LogP contribution in [0.1, 0.15) is 24.7 Å². The van der Waals surface area contributed by atoms with Crippen LogP contribution in [0.3, 0.4) is 0 Å². The fourth-order valence-electron chi connectivity index (χ4n) is 2.88. The Kier molecular flexibility index (Phi) is 3.10. The summed E-state index contributed by atoms with van der Waals surface area (Å²) in [5, 5.41) is 1.22. The number of para-hydroxylation sites is 1. The highest BCUT2D eigenvalue weighted by Gasteiger charge is 2.21. The molecular weight excluding hydrogens is 224 g/mol. The highest BCUT2D eigenvalue weighted by molar-refractivity contribution is 5.82. The number of hydrogen-bond acceptors (Lipinski definition) is 3. The lowest BCUT2D eigenvalue weighted by atomic mass is 10.1. The number of benzene rings is 1. The van der Waals surface area contributed by atoms with E-state index in [1.54, 1.807) is 0 Å². The Balaban J connectivity index is 1.94. The maximum Gasteiger partial charge on any atom is 0.134 e. The van der Waals surface area contributed by atoms with Gasteiger partial charge in [-0.2, -0.15) is 0 Å². The molecular formula is C15H20N2O. The van der Waals surface area contributed by atoms with Crippen LogP contribution in [0.5, 0.6) is 0 Å². The molecule has 2 heterocycles. The van der Waals surface area contributed by atoms with Crippen LogP contribution in [0.4, 0.5) is 0 Å². The molecule has 1 aliphatic heterocycles. The zero-order valence-electron chi connectivity index (χ0n) is 10.9. The summed E-state index contributed by atoms with van der Waals surface area (Å²) < 4.78 is 5.83. The average Bonchev–Trinajstić information content (AvgIpc) is 2.94. The van der Waals surface area contributed by atoms with Gasteiger partial charge in [-0.15, -0.1) is 0 Å². The van der Waals surface area contributed by atoms with Crippen LogP contribution in [0.15, 0.2) is 28.7 Å². The van der Waals surface area contributed by atoms with Crippen LogP contribution in [0.2, 0.25) is 0 Å². The van der Waals surface area contributed by atoms with Gasteiger partial charge in [0.15, 0.2) is 0 Å². The van der Waals surface area contributed by atoms with Crippen molar-refractivity contribution in [1.82, 2.24) is 4.90 Å². The summed E-state index contributed by atoms with van der Waals surface area (Å²) >= 11 is 0. The molecule has 0 saturated carbocycles. The summed E-state index contributed by atoms with van der Waals surface area (Å²) in [7, 11) is 0. The lowest BCUT2D eigenvalue weighted by Crippen LogP contribution is -2.20. The Morgan fingerprint density at radius 2 is 2.22 bits per heavy atom. The van der Waals surface area contributed by atoms with Crippen LogP contribution in [0.25, 0.3) is 11.0 Å². The van der Waals surface area contributed by atoms with E-state index in [0.29, 0.717) is 6.54 Å². The molecule has 1 atom stereocenters. The Hall–Kier alpha value is -1.32. The second-order valence-electron chi connectivity index (χ2n) is 5.33. The topological polar surface area (TPSA) is 42.4 Å². The second kappa shape index (κ2) is 4.75. The van der Waals surface area contributed by atoms with Gasteiger partial charge in [0.25, 0.3) is 0 Å². The van der Waals surface area contributed by atoms with E-state index >= 15 is 0 Å². The van der Waals surface area contributed by atoms with Crippen LogP contribution < -0.4 is 5.73 Å². The highest BCUT2D eigenvalue weighted by atomic mass is 16.3. The molecule has 1 saturated heterocycles. The predicted molar refractivity (Wildman–Crippen MR) is 73.2 cm³/mol. The Bertz CT molecular complexity index is 546. The van der Waals surface area contributed by atoms with Crippen molar-refractivity contribution in [2.24, 2.45) is 11.7 Å². The van der Waals surface area contributed by atoms with E-state index < -0.39 is 0 Å². The summed E-state index contributed by atoms with van der Waals surface area (Å²) in [5.41, 5.74) is 8.04. The van der Waals surface area contributed by atoms with E-state index in [-0.39, 0.29) is 0 Å². The van der Waals surface area contributed by atoms with Crippen molar-refractivity contribution in [3.63, 3.8) is 0 Å². The highest BCUT2D eigenvalue weighted by Crippen LogP contribution is 2.28. The van der Waals surface area contributed by atoms with Gasteiger partial charge < -0.3 is 10.2 Å². The van der Waals surface area contributed by atoms with Gasteiger partial charge in [-0.3, -0.25) is 4.90 Å². The molecule has 96 valence electrons. The van der Waals surface area contributed by atoms with E-state index in [4.69, 9.17) is 10.2 Å². The van der Waals surface area contributed by atoms with Gasteiger partial charge in [0, 0.05) is 24.0 Å². The maximum absolute atomic E-state index is 5.83. The molecule has 3 rings (SSSR count). The summed E-state index contributed by atoms with van der Waals surface area (Å²) in [4.78, 5) is 2.50. The molecule has 0 bridgehead atoms. The Morgan fingerprint density at radius 3 is 2.94 bits per heavy atom. The number of nitrogens with two attached hydrogens (primary N) is 1. The third kappa shape index (κ3) is 2.04. The molecule has 2 N–H and O–H groups in total. The Morgan fingerprint density at radius 1 is 1.39 bits per heavy atom. The summed E-state index contributed by atoms with van der Waals surface area (Å²) in [6.45, 7) is 6.13. The lowest BCUT2D eigenvalue weighted by molar-refractivity contribution is 0.318. The third-order valence-electron chi connectivity index (χ3n) is 3.86. The molecule has 3 nitrogen and oxygen atoms in total. The molecule has 1 unspecified atom stereocenters. The molecule has 1 aromatic heterocycles. The lowest BCUT2D eigenvalue weighted by Gasteiger charge is -2.15. The van der Waals surface area contributed by atoms with Crippen molar-refractivity contribution < 1.29 is 4.42 Å². The third-order valence-corrected chi connectivity index (χ3v) is 3.86. The summed E-state index contributed by atoms with van der Waals surface area (Å²) in [5.74, 6) is 1.75. The SMILES string of the molecule is CC1CCN(Cc2c(CN)oc3ccccc23)C1. The van der Waals surface area contributed by atoms with Gasteiger partial charge >= 0.3 is 0 Å². The van der Waals surface area contributed by atoms with Crippen molar-refractivity contribution in [2.75, 3.05) is 13.1 Å². The maximum atomic E-state index is 5.83. The van der Waals surface area contributed by atoms with E-state index in [1.165, 1.54) is 30.5 Å². The molecule has 2 aromatic rings. The average molecular weight is 244 g/mol. The molecule has 1 aliphatic rings. The summed E-state index contributed by atoms with van der Waals surface area (Å²) in [6, 6.07) is 8.22. The molecule has 3 heteroatoms. The largest absolute Gasteiger partial charge is 0.459 e. The number of fused-ring (bicyclic) bond motifs is 1. The minimum absolute atomic E-state index is 0.480. The van der Waals surface area contributed by atoms with Gasteiger partial charge in [-0.25, -0.2) is 0 Å². The number of hydrogen-bond donors (Lipinski definition) is 1. The normalized spacial score (nSPS) is 20.9. The van der Waals surface area contributed by atoms with E-state index in [1.807, 2.05) is 12.1 Å². The van der Waals surface area contributed by atoms with Crippen LogP contribution in [0, 0.1) is 5.92 Å². The molecule has 0 amide bonds. The number of rotatable bonds is 3. The number of nitrogens with zero attached hydrogens (tertiary/aromatic N) is 1. The monoisotopic (exact) mass is 244 g/mol. The number of furan rings is 1. The molecule has 0 spiro atoms. The molecule has 1 fully saturated rings. The van der Waals surface area contributed by atoms with Crippen LogP contribution in [-0.2, 0) is 13.1 Å². The van der Waals surface area contributed by atoms with Crippen LogP contribution >= 0.6 is 0 Å². The minimum atomic E-state index is 0.480. The molecule has 1 aromatic carbocycles. The van der Waals surface area contributed by atoms with Crippen molar-refractivity contribution >= 4 is 11.0 Å². The first-order chi connectivity index (χ1) is 8.78. The zero-order valence-corrected chi connectivity index (χ0v) is 10.9. The van der Waals surface area contributed by atoms with Gasteiger partial charge in [-0.05, 0) is 24.9 Å².